The predicted molar refractivity (Wildman–Crippen MR) is 88.1 cm³/mol. The number of benzene rings is 1. The molecule has 4 atom stereocenters. The van der Waals surface area contributed by atoms with Crippen molar-refractivity contribution in [3.63, 3.8) is 0 Å². The molecule has 2 bridgehead atoms. The van der Waals surface area contributed by atoms with E-state index in [1.54, 1.807) is 0 Å². The van der Waals surface area contributed by atoms with Crippen LogP contribution in [0.5, 0.6) is 0 Å². The first-order chi connectivity index (χ1) is 11.1. The molecule has 0 amide bonds. The number of nitrogens with one attached hydrogen (secondary N) is 1. The van der Waals surface area contributed by atoms with E-state index in [9.17, 15) is 9.18 Å². The molecule has 4 heteroatoms. The highest BCUT2D eigenvalue weighted by molar-refractivity contribution is 5.75. The van der Waals surface area contributed by atoms with Crippen LogP contribution in [0.3, 0.4) is 0 Å². The third-order valence-electron chi connectivity index (χ3n) is 5.21. The number of methoxy groups -OCH3 is 1. The molecule has 0 aromatic heterocycles. The third kappa shape index (κ3) is 3.32. The Morgan fingerprint density at radius 3 is 2.74 bits per heavy atom. The number of fused-ring (bicyclic) bond motifs is 2. The summed E-state index contributed by atoms with van der Waals surface area (Å²) in [5.74, 6) is -0.0484. The number of alkyl halides is 1. The van der Waals surface area contributed by atoms with E-state index in [0.717, 1.165) is 24.8 Å². The average molecular weight is 317 g/mol. The van der Waals surface area contributed by atoms with E-state index in [-0.39, 0.29) is 23.8 Å². The highest BCUT2D eigenvalue weighted by Crippen LogP contribution is 2.42. The van der Waals surface area contributed by atoms with Crippen LogP contribution in [0.15, 0.2) is 36.4 Å². The van der Waals surface area contributed by atoms with E-state index < -0.39 is 6.67 Å². The molecule has 1 aromatic rings. The van der Waals surface area contributed by atoms with Crippen LogP contribution < -0.4 is 5.32 Å². The standard InChI is InChI=1S/C19H24FNO2/c1-12(11-20)9-13-3-5-14(6-4-13)16-10-15-7-8-17(21-15)18(16)19(22)23-2/h3-6,15-18,21H,1,7-11H2,2H3. The van der Waals surface area contributed by atoms with E-state index in [0.29, 0.717) is 18.0 Å². The molecule has 2 fully saturated rings. The molecule has 3 nitrogen and oxygen atoms in total. The average Bonchev–Trinajstić information content (AvgIpc) is 2.96. The molecule has 1 aromatic carbocycles. The number of halogens is 1. The van der Waals surface area contributed by atoms with E-state index in [1.807, 2.05) is 12.1 Å². The molecule has 0 spiro atoms. The molecule has 0 radical (unpaired) electrons. The SMILES string of the molecule is C=C(CF)Cc1ccc(C2CC3CCC(N3)C2C(=O)OC)cc1. The van der Waals surface area contributed by atoms with Crippen molar-refractivity contribution in [1.29, 1.82) is 0 Å². The summed E-state index contributed by atoms with van der Waals surface area (Å²) in [7, 11) is 1.46. The first kappa shape index (κ1) is 16.2. The summed E-state index contributed by atoms with van der Waals surface area (Å²) in [4.78, 5) is 12.3. The molecule has 2 heterocycles. The van der Waals surface area contributed by atoms with Gasteiger partial charge in [0.2, 0.25) is 0 Å². The lowest BCUT2D eigenvalue weighted by Gasteiger charge is -2.36. The van der Waals surface area contributed by atoms with E-state index in [2.05, 4.69) is 24.0 Å². The quantitative estimate of drug-likeness (QED) is 0.670. The number of carbonyl (C=O) groups excluding carboxylic acids is 1. The topological polar surface area (TPSA) is 38.3 Å². The molecule has 2 aliphatic rings. The zero-order valence-electron chi connectivity index (χ0n) is 13.6. The first-order valence-electron chi connectivity index (χ1n) is 8.27. The van der Waals surface area contributed by atoms with Gasteiger partial charge in [-0.3, -0.25) is 4.79 Å². The fraction of sp³-hybridized carbons (Fsp3) is 0.526. The van der Waals surface area contributed by atoms with Gasteiger partial charge in [-0.25, -0.2) is 4.39 Å². The van der Waals surface area contributed by atoms with Crippen molar-refractivity contribution in [2.75, 3.05) is 13.8 Å². The fourth-order valence-electron chi connectivity index (χ4n) is 4.08. The molecule has 2 aliphatic heterocycles. The van der Waals surface area contributed by atoms with Gasteiger partial charge in [-0.05, 0) is 42.4 Å². The van der Waals surface area contributed by atoms with Crippen molar-refractivity contribution in [2.24, 2.45) is 5.92 Å². The third-order valence-corrected chi connectivity index (χ3v) is 5.21. The summed E-state index contributed by atoms with van der Waals surface area (Å²) < 4.78 is 17.6. The van der Waals surface area contributed by atoms with E-state index >= 15 is 0 Å². The maximum atomic E-state index is 12.6. The van der Waals surface area contributed by atoms with Gasteiger partial charge in [-0.2, -0.15) is 0 Å². The first-order valence-corrected chi connectivity index (χ1v) is 8.27. The summed E-state index contributed by atoms with van der Waals surface area (Å²) in [6.07, 6.45) is 3.69. The Balaban J connectivity index is 1.81. The number of carbonyl (C=O) groups is 1. The van der Waals surface area contributed by atoms with Crippen LogP contribution in [-0.2, 0) is 16.0 Å². The summed E-state index contributed by atoms with van der Waals surface area (Å²) in [6.45, 7) is 3.23. The maximum absolute atomic E-state index is 12.6. The van der Waals surface area contributed by atoms with Gasteiger partial charge in [0.25, 0.3) is 0 Å². The number of piperidine rings is 1. The van der Waals surface area contributed by atoms with Crippen molar-refractivity contribution < 1.29 is 13.9 Å². The van der Waals surface area contributed by atoms with Gasteiger partial charge in [-0.1, -0.05) is 30.8 Å². The summed E-state index contributed by atoms with van der Waals surface area (Å²) in [5, 5.41) is 3.55. The van der Waals surface area contributed by atoms with Crippen molar-refractivity contribution in [2.45, 2.75) is 43.7 Å². The summed E-state index contributed by atoms with van der Waals surface area (Å²) in [6, 6.07) is 8.91. The number of allylic oxidation sites excluding steroid dienone is 1. The van der Waals surface area contributed by atoms with Crippen LogP contribution in [-0.4, -0.2) is 31.8 Å². The minimum Gasteiger partial charge on any atom is -0.469 e. The lowest BCUT2D eigenvalue weighted by molar-refractivity contribution is -0.148. The second kappa shape index (κ2) is 6.83. The Hall–Kier alpha value is -1.68. The Morgan fingerprint density at radius 2 is 2.09 bits per heavy atom. The molecular weight excluding hydrogens is 293 g/mol. The van der Waals surface area contributed by atoms with Crippen LogP contribution in [0.25, 0.3) is 0 Å². The number of rotatable bonds is 5. The molecule has 1 N–H and O–H groups in total. The van der Waals surface area contributed by atoms with Gasteiger partial charge in [0.15, 0.2) is 0 Å². The highest BCUT2D eigenvalue weighted by atomic mass is 19.1. The number of hydrogen-bond donors (Lipinski definition) is 1. The van der Waals surface area contributed by atoms with Crippen molar-refractivity contribution in [3.05, 3.63) is 47.5 Å². The molecule has 0 aliphatic carbocycles. The Bertz CT molecular complexity index is 584. The number of hydrogen-bond acceptors (Lipinski definition) is 3. The van der Waals surface area contributed by atoms with Crippen molar-refractivity contribution >= 4 is 5.97 Å². The molecule has 124 valence electrons. The molecule has 3 rings (SSSR count). The smallest absolute Gasteiger partial charge is 0.310 e. The summed E-state index contributed by atoms with van der Waals surface area (Å²) in [5.41, 5.74) is 2.82. The van der Waals surface area contributed by atoms with Gasteiger partial charge in [0, 0.05) is 18.0 Å². The molecule has 4 unspecified atom stereocenters. The second-order valence-corrected chi connectivity index (χ2v) is 6.74. The van der Waals surface area contributed by atoms with Crippen molar-refractivity contribution in [3.8, 4) is 0 Å². The Kier molecular flexibility index (Phi) is 4.81. The minimum atomic E-state index is -0.482. The fourth-order valence-corrected chi connectivity index (χ4v) is 4.08. The van der Waals surface area contributed by atoms with Gasteiger partial charge >= 0.3 is 5.97 Å². The van der Waals surface area contributed by atoms with Crippen LogP contribution in [0, 0.1) is 5.92 Å². The summed E-state index contributed by atoms with van der Waals surface area (Å²) >= 11 is 0. The highest BCUT2D eigenvalue weighted by Gasteiger charge is 2.46. The van der Waals surface area contributed by atoms with Gasteiger partial charge in [0.05, 0.1) is 13.0 Å². The monoisotopic (exact) mass is 317 g/mol. The van der Waals surface area contributed by atoms with Gasteiger partial charge < -0.3 is 10.1 Å². The molecule has 0 saturated carbocycles. The zero-order chi connectivity index (χ0) is 16.4. The molecule has 2 saturated heterocycles. The second-order valence-electron chi connectivity index (χ2n) is 6.74. The molecule has 23 heavy (non-hydrogen) atoms. The number of esters is 1. The van der Waals surface area contributed by atoms with Crippen LogP contribution in [0.1, 0.15) is 36.3 Å². The Morgan fingerprint density at radius 1 is 1.35 bits per heavy atom. The maximum Gasteiger partial charge on any atom is 0.310 e. The Labute approximate surface area is 136 Å². The minimum absolute atomic E-state index is 0.120. The lowest BCUT2D eigenvalue weighted by atomic mass is 9.77. The molecular formula is C19H24FNO2. The van der Waals surface area contributed by atoms with E-state index in [1.165, 1.54) is 12.7 Å². The normalized spacial score (nSPS) is 29.3. The van der Waals surface area contributed by atoms with Crippen LogP contribution in [0.2, 0.25) is 0 Å². The number of ether oxygens (including phenoxy) is 1. The van der Waals surface area contributed by atoms with Crippen LogP contribution >= 0.6 is 0 Å². The van der Waals surface area contributed by atoms with Crippen molar-refractivity contribution in [1.82, 2.24) is 5.32 Å². The van der Waals surface area contributed by atoms with Gasteiger partial charge in [0.1, 0.15) is 6.67 Å². The van der Waals surface area contributed by atoms with E-state index in [4.69, 9.17) is 4.74 Å². The van der Waals surface area contributed by atoms with Crippen LogP contribution in [0.4, 0.5) is 4.39 Å². The van der Waals surface area contributed by atoms with Gasteiger partial charge in [-0.15, -0.1) is 0 Å². The largest absolute Gasteiger partial charge is 0.469 e. The zero-order valence-corrected chi connectivity index (χ0v) is 13.6. The lowest BCUT2D eigenvalue weighted by Crippen LogP contribution is -2.48. The predicted octanol–water partition coefficient (Wildman–Crippen LogP) is 3.15.